The number of carbonyl (C=O) groups excluding carboxylic acids is 1. The molecule has 3 heterocycles. The van der Waals surface area contributed by atoms with Crippen LogP contribution in [-0.2, 0) is 16.0 Å². The number of carbonyl (C=O) groups is 1. The lowest BCUT2D eigenvalue weighted by molar-refractivity contribution is -0.142. The maximum atomic E-state index is 12.3. The molecule has 28 heavy (non-hydrogen) atoms. The predicted octanol–water partition coefficient (Wildman–Crippen LogP) is 3.97. The molecule has 1 aromatic carbocycles. The molecule has 0 atom stereocenters. The molecule has 0 bridgehead atoms. The Hall–Kier alpha value is -3.41. The van der Waals surface area contributed by atoms with Gasteiger partial charge in [-0.3, -0.25) is 14.2 Å². The van der Waals surface area contributed by atoms with Gasteiger partial charge in [-0.05, 0) is 55.8 Å². The third-order valence-corrected chi connectivity index (χ3v) is 4.84. The van der Waals surface area contributed by atoms with Gasteiger partial charge in [0.25, 0.3) is 0 Å². The largest absolute Gasteiger partial charge is 0.497 e. The standard InChI is InChI=1S/C22H21N3O3/c1-4-28-21(26)13-18-17-12-15(27-3)7-8-19(17)25-20(18)9-11-24-22(25)16-6-5-10-23-14(16)2/h5-12H,4,13H2,1-3H3. The lowest BCUT2D eigenvalue weighted by Crippen LogP contribution is -2.07. The smallest absolute Gasteiger partial charge is 0.310 e. The molecule has 0 amide bonds. The van der Waals surface area contributed by atoms with Gasteiger partial charge in [0.2, 0.25) is 0 Å². The van der Waals surface area contributed by atoms with Gasteiger partial charge in [-0.2, -0.15) is 0 Å². The second-order valence-corrected chi connectivity index (χ2v) is 6.47. The number of hydrogen-bond acceptors (Lipinski definition) is 5. The molecule has 0 unspecified atom stereocenters. The summed E-state index contributed by atoms with van der Waals surface area (Å²) in [4.78, 5) is 21.3. The number of esters is 1. The Morgan fingerprint density at radius 2 is 1.96 bits per heavy atom. The van der Waals surface area contributed by atoms with Gasteiger partial charge in [-0.25, -0.2) is 4.98 Å². The van der Waals surface area contributed by atoms with Gasteiger partial charge in [0.05, 0.1) is 31.2 Å². The molecule has 0 saturated carbocycles. The van der Waals surface area contributed by atoms with Gasteiger partial charge < -0.3 is 9.47 Å². The Morgan fingerprint density at radius 3 is 2.71 bits per heavy atom. The number of hydrogen-bond donors (Lipinski definition) is 0. The number of rotatable bonds is 5. The number of ether oxygens (including phenoxy) is 2. The first-order valence-corrected chi connectivity index (χ1v) is 9.17. The topological polar surface area (TPSA) is 65.7 Å². The van der Waals surface area contributed by atoms with Crippen LogP contribution in [0.5, 0.6) is 5.75 Å². The Labute approximate surface area is 162 Å². The zero-order chi connectivity index (χ0) is 19.7. The first-order valence-electron chi connectivity index (χ1n) is 9.17. The lowest BCUT2D eigenvalue weighted by Gasteiger charge is -2.09. The maximum Gasteiger partial charge on any atom is 0.310 e. The SMILES string of the molecule is CCOC(=O)Cc1c2cc(OC)ccc2n2c(-c3cccnc3C)nccc12. The summed E-state index contributed by atoms with van der Waals surface area (Å²) in [7, 11) is 1.63. The summed E-state index contributed by atoms with van der Waals surface area (Å²) < 4.78 is 12.7. The average Bonchev–Trinajstić information content (AvgIpc) is 3.02. The Morgan fingerprint density at radius 1 is 1.11 bits per heavy atom. The zero-order valence-electron chi connectivity index (χ0n) is 16.1. The van der Waals surface area contributed by atoms with Gasteiger partial charge in [0.1, 0.15) is 11.6 Å². The van der Waals surface area contributed by atoms with E-state index in [-0.39, 0.29) is 12.4 Å². The molecule has 6 nitrogen and oxygen atoms in total. The second-order valence-electron chi connectivity index (χ2n) is 6.47. The van der Waals surface area contributed by atoms with Crippen LogP contribution in [0, 0.1) is 6.92 Å². The molecule has 4 rings (SSSR count). The molecule has 0 radical (unpaired) electrons. The van der Waals surface area contributed by atoms with Crippen LogP contribution in [0.15, 0.2) is 48.8 Å². The monoisotopic (exact) mass is 375 g/mol. The minimum Gasteiger partial charge on any atom is -0.497 e. The highest BCUT2D eigenvalue weighted by atomic mass is 16.5. The molecule has 0 aliphatic rings. The molecule has 0 aliphatic heterocycles. The van der Waals surface area contributed by atoms with Gasteiger partial charge in [0, 0.05) is 29.0 Å². The number of aryl methyl sites for hydroxylation is 1. The van der Waals surface area contributed by atoms with Crippen molar-refractivity contribution < 1.29 is 14.3 Å². The van der Waals surface area contributed by atoms with Crippen molar-refractivity contribution in [3.05, 3.63) is 60.0 Å². The number of aromatic nitrogens is 3. The van der Waals surface area contributed by atoms with Crippen LogP contribution in [-0.4, -0.2) is 34.1 Å². The van der Waals surface area contributed by atoms with E-state index in [4.69, 9.17) is 9.47 Å². The van der Waals surface area contributed by atoms with Crippen molar-refractivity contribution in [2.24, 2.45) is 0 Å². The fourth-order valence-corrected chi connectivity index (χ4v) is 3.57. The summed E-state index contributed by atoms with van der Waals surface area (Å²) in [6.07, 6.45) is 3.72. The van der Waals surface area contributed by atoms with Gasteiger partial charge >= 0.3 is 5.97 Å². The number of nitrogens with zero attached hydrogens (tertiary/aromatic N) is 3. The van der Waals surface area contributed by atoms with Crippen molar-refractivity contribution in [1.29, 1.82) is 0 Å². The molecule has 142 valence electrons. The summed E-state index contributed by atoms with van der Waals surface area (Å²) >= 11 is 0. The highest BCUT2D eigenvalue weighted by molar-refractivity contribution is 5.97. The van der Waals surface area contributed by atoms with Gasteiger partial charge in [-0.1, -0.05) is 0 Å². The van der Waals surface area contributed by atoms with Crippen molar-refractivity contribution in [3.63, 3.8) is 0 Å². The first-order chi connectivity index (χ1) is 13.6. The Bertz CT molecular complexity index is 1180. The highest BCUT2D eigenvalue weighted by Gasteiger charge is 2.19. The lowest BCUT2D eigenvalue weighted by atomic mass is 10.1. The summed E-state index contributed by atoms with van der Waals surface area (Å²) in [6.45, 7) is 4.13. The first kappa shape index (κ1) is 18.0. The highest BCUT2D eigenvalue weighted by Crippen LogP contribution is 2.33. The molecule has 6 heteroatoms. The van der Waals surface area contributed by atoms with Crippen molar-refractivity contribution in [3.8, 4) is 17.1 Å². The quantitative estimate of drug-likeness (QED) is 0.494. The molecule has 0 saturated heterocycles. The third-order valence-electron chi connectivity index (χ3n) is 4.84. The minimum atomic E-state index is -0.254. The van der Waals surface area contributed by atoms with E-state index in [0.29, 0.717) is 6.61 Å². The van der Waals surface area contributed by atoms with Crippen LogP contribution in [0.3, 0.4) is 0 Å². The molecule has 0 N–H and O–H groups in total. The molecule has 0 aliphatic carbocycles. The van der Waals surface area contributed by atoms with E-state index in [1.807, 2.05) is 50.2 Å². The number of fused-ring (bicyclic) bond motifs is 3. The zero-order valence-corrected chi connectivity index (χ0v) is 16.1. The minimum absolute atomic E-state index is 0.184. The van der Waals surface area contributed by atoms with E-state index in [1.165, 1.54) is 0 Å². The van der Waals surface area contributed by atoms with E-state index in [0.717, 1.165) is 44.8 Å². The molecule has 0 spiro atoms. The van der Waals surface area contributed by atoms with E-state index < -0.39 is 0 Å². The summed E-state index contributed by atoms with van der Waals surface area (Å²) in [6, 6.07) is 11.7. The van der Waals surface area contributed by atoms with Crippen LogP contribution in [0.4, 0.5) is 0 Å². The van der Waals surface area contributed by atoms with E-state index in [2.05, 4.69) is 14.4 Å². The van der Waals surface area contributed by atoms with Gasteiger partial charge in [-0.15, -0.1) is 0 Å². The fourth-order valence-electron chi connectivity index (χ4n) is 3.57. The van der Waals surface area contributed by atoms with E-state index in [9.17, 15) is 4.79 Å². The van der Waals surface area contributed by atoms with Crippen LogP contribution in [0.1, 0.15) is 18.2 Å². The Balaban J connectivity index is 2.05. The fraction of sp³-hybridized carbons (Fsp3) is 0.227. The van der Waals surface area contributed by atoms with Crippen LogP contribution >= 0.6 is 0 Å². The molecular weight excluding hydrogens is 354 g/mol. The van der Waals surface area contributed by atoms with Crippen LogP contribution < -0.4 is 4.74 Å². The van der Waals surface area contributed by atoms with Gasteiger partial charge in [0.15, 0.2) is 0 Å². The van der Waals surface area contributed by atoms with Crippen LogP contribution in [0.25, 0.3) is 27.8 Å². The summed E-state index contributed by atoms with van der Waals surface area (Å²) in [5, 5.41) is 0.947. The van der Waals surface area contributed by atoms with E-state index >= 15 is 0 Å². The maximum absolute atomic E-state index is 12.3. The van der Waals surface area contributed by atoms with Crippen molar-refractivity contribution >= 4 is 22.4 Å². The number of pyridine rings is 1. The van der Waals surface area contributed by atoms with Crippen molar-refractivity contribution in [1.82, 2.24) is 14.4 Å². The summed E-state index contributed by atoms with van der Waals surface area (Å²) in [5.41, 5.74) is 4.62. The predicted molar refractivity (Wildman–Crippen MR) is 108 cm³/mol. The van der Waals surface area contributed by atoms with Crippen LogP contribution in [0.2, 0.25) is 0 Å². The number of methoxy groups -OCH3 is 1. The molecular formula is C22H21N3O3. The number of benzene rings is 1. The van der Waals surface area contributed by atoms with Crippen molar-refractivity contribution in [2.45, 2.75) is 20.3 Å². The average molecular weight is 375 g/mol. The molecule has 4 aromatic rings. The second kappa shape index (κ2) is 7.31. The summed E-state index contributed by atoms with van der Waals surface area (Å²) in [5.74, 6) is 1.27. The molecule has 0 fully saturated rings. The van der Waals surface area contributed by atoms with E-state index in [1.54, 1.807) is 19.5 Å². The third kappa shape index (κ3) is 2.97. The van der Waals surface area contributed by atoms with Crippen molar-refractivity contribution in [2.75, 3.05) is 13.7 Å². The normalized spacial score (nSPS) is 11.1. The Kier molecular flexibility index (Phi) is 4.69. The molecule has 3 aromatic heterocycles.